The largest absolute Gasteiger partial charge is 0.323 e. The monoisotopic (exact) mass is 258 g/mol. The van der Waals surface area contributed by atoms with Crippen LogP contribution in [0.4, 0.5) is 20.6 Å². The Morgan fingerprint density at radius 3 is 2.32 bits per heavy atom. The second-order valence-electron chi connectivity index (χ2n) is 4.31. The van der Waals surface area contributed by atoms with Gasteiger partial charge in [0.1, 0.15) is 5.82 Å². The van der Waals surface area contributed by atoms with Crippen molar-refractivity contribution < 1.29 is 9.18 Å². The number of carbonyl (C=O) groups excluding carboxylic acids is 1. The molecule has 2 amide bonds. The van der Waals surface area contributed by atoms with Crippen LogP contribution < -0.4 is 10.6 Å². The highest BCUT2D eigenvalue weighted by Crippen LogP contribution is 2.19. The Morgan fingerprint density at radius 1 is 0.947 bits per heavy atom. The summed E-state index contributed by atoms with van der Waals surface area (Å²) >= 11 is 0. The highest BCUT2D eigenvalue weighted by Gasteiger charge is 2.08. The van der Waals surface area contributed by atoms with Crippen molar-refractivity contribution in [2.75, 3.05) is 10.6 Å². The molecule has 0 radical (unpaired) electrons. The van der Waals surface area contributed by atoms with Crippen molar-refractivity contribution in [2.45, 2.75) is 13.8 Å². The first kappa shape index (κ1) is 13.1. The van der Waals surface area contributed by atoms with Crippen molar-refractivity contribution in [3.63, 3.8) is 0 Å². The third kappa shape index (κ3) is 3.10. The number of rotatable bonds is 2. The molecule has 2 aromatic rings. The molecule has 0 aliphatic rings. The third-order valence-corrected chi connectivity index (χ3v) is 2.97. The maximum Gasteiger partial charge on any atom is 0.323 e. The number of amides is 2. The minimum absolute atomic E-state index is 0.158. The number of carbonyl (C=O) groups is 1. The smallest absolute Gasteiger partial charge is 0.307 e. The molecule has 4 heteroatoms. The Kier molecular flexibility index (Phi) is 3.80. The van der Waals surface area contributed by atoms with Crippen LogP contribution in [0.15, 0.2) is 42.5 Å². The molecule has 0 saturated carbocycles. The summed E-state index contributed by atoms with van der Waals surface area (Å²) in [6, 6.07) is 11.2. The van der Waals surface area contributed by atoms with E-state index in [2.05, 4.69) is 10.6 Å². The summed E-state index contributed by atoms with van der Waals surface area (Å²) < 4.78 is 13.4. The summed E-state index contributed by atoms with van der Waals surface area (Å²) in [5.74, 6) is -0.460. The summed E-state index contributed by atoms with van der Waals surface area (Å²) in [6.07, 6.45) is 0. The normalized spacial score (nSPS) is 10.1. The Morgan fingerprint density at radius 2 is 1.58 bits per heavy atom. The van der Waals surface area contributed by atoms with Crippen LogP contribution in [0.3, 0.4) is 0 Å². The second-order valence-corrected chi connectivity index (χ2v) is 4.31. The van der Waals surface area contributed by atoms with Crippen LogP contribution in [-0.2, 0) is 0 Å². The summed E-state index contributed by atoms with van der Waals surface area (Å²) in [6.45, 7) is 3.89. The van der Waals surface area contributed by atoms with E-state index in [1.54, 1.807) is 12.1 Å². The molecule has 2 aromatic carbocycles. The molecule has 0 heterocycles. The highest BCUT2D eigenvalue weighted by atomic mass is 19.1. The SMILES string of the molecule is Cc1cccc(NC(=O)Nc2ccccc2F)c1C. The van der Waals surface area contributed by atoms with E-state index in [9.17, 15) is 9.18 Å². The topological polar surface area (TPSA) is 41.1 Å². The van der Waals surface area contributed by atoms with Gasteiger partial charge >= 0.3 is 6.03 Å². The average Bonchev–Trinajstić information content (AvgIpc) is 2.38. The lowest BCUT2D eigenvalue weighted by Gasteiger charge is -2.11. The molecule has 19 heavy (non-hydrogen) atoms. The molecular weight excluding hydrogens is 243 g/mol. The summed E-state index contributed by atoms with van der Waals surface area (Å²) in [7, 11) is 0. The van der Waals surface area contributed by atoms with E-state index >= 15 is 0 Å². The van der Waals surface area contributed by atoms with Gasteiger partial charge in [0.25, 0.3) is 0 Å². The number of para-hydroxylation sites is 1. The lowest BCUT2D eigenvalue weighted by Crippen LogP contribution is -2.20. The predicted octanol–water partition coefficient (Wildman–Crippen LogP) is 4.09. The van der Waals surface area contributed by atoms with Gasteiger partial charge in [-0.2, -0.15) is 0 Å². The fourth-order valence-corrected chi connectivity index (χ4v) is 1.72. The van der Waals surface area contributed by atoms with Gasteiger partial charge in [0.05, 0.1) is 5.69 Å². The zero-order chi connectivity index (χ0) is 13.8. The number of anilines is 2. The molecular formula is C15H15FN2O. The maximum absolute atomic E-state index is 13.4. The van der Waals surface area contributed by atoms with Crippen molar-refractivity contribution in [3.05, 3.63) is 59.4 Å². The van der Waals surface area contributed by atoms with Crippen LogP contribution >= 0.6 is 0 Å². The summed E-state index contributed by atoms with van der Waals surface area (Å²) in [4.78, 5) is 11.8. The van der Waals surface area contributed by atoms with Crippen LogP contribution in [0.5, 0.6) is 0 Å². The van der Waals surface area contributed by atoms with E-state index in [0.29, 0.717) is 5.69 Å². The van der Waals surface area contributed by atoms with Crippen molar-refractivity contribution in [2.24, 2.45) is 0 Å². The first-order valence-corrected chi connectivity index (χ1v) is 5.96. The Hall–Kier alpha value is -2.36. The van der Waals surface area contributed by atoms with E-state index in [-0.39, 0.29) is 5.69 Å². The zero-order valence-electron chi connectivity index (χ0n) is 10.8. The molecule has 0 unspecified atom stereocenters. The van der Waals surface area contributed by atoms with Crippen LogP contribution in [0.25, 0.3) is 0 Å². The lowest BCUT2D eigenvalue weighted by atomic mass is 10.1. The average molecular weight is 258 g/mol. The fraction of sp³-hybridized carbons (Fsp3) is 0.133. The van der Waals surface area contributed by atoms with Crippen LogP contribution in [0.1, 0.15) is 11.1 Å². The molecule has 2 N–H and O–H groups in total. The molecule has 0 atom stereocenters. The van der Waals surface area contributed by atoms with E-state index < -0.39 is 11.8 Å². The standard InChI is InChI=1S/C15H15FN2O/c1-10-6-5-9-13(11(10)2)17-15(19)18-14-8-4-3-7-12(14)16/h3-9H,1-2H3,(H2,17,18,19). The van der Waals surface area contributed by atoms with E-state index in [1.807, 2.05) is 32.0 Å². The van der Waals surface area contributed by atoms with Crippen LogP contribution in [0.2, 0.25) is 0 Å². The molecule has 0 fully saturated rings. The van der Waals surface area contributed by atoms with Crippen molar-refractivity contribution in [1.82, 2.24) is 0 Å². The quantitative estimate of drug-likeness (QED) is 0.837. The molecule has 0 bridgehead atoms. The van der Waals surface area contributed by atoms with Gasteiger partial charge in [0, 0.05) is 5.69 Å². The third-order valence-electron chi connectivity index (χ3n) is 2.97. The number of nitrogens with one attached hydrogen (secondary N) is 2. The van der Waals surface area contributed by atoms with Gasteiger partial charge in [-0.15, -0.1) is 0 Å². The van der Waals surface area contributed by atoms with Gasteiger partial charge in [-0.3, -0.25) is 0 Å². The summed E-state index contributed by atoms with van der Waals surface area (Å²) in [5.41, 5.74) is 2.95. The van der Waals surface area contributed by atoms with E-state index in [1.165, 1.54) is 12.1 Å². The lowest BCUT2D eigenvalue weighted by molar-refractivity contribution is 0.262. The predicted molar refractivity (Wildman–Crippen MR) is 75.0 cm³/mol. The van der Waals surface area contributed by atoms with Crippen molar-refractivity contribution in [1.29, 1.82) is 0 Å². The number of hydrogen-bond acceptors (Lipinski definition) is 1. The van der Waals surface area contributed by atoms with Gasteiger partial charge in [-0.25, -0.2) is 9.18 Å². The Bertz CT molecular complexity index is 611. The Balaban J connectivity index is 2.10. The second kappa shape index (κ2) is 5.52. The first-order chi connectivity index (χ1) is 9.08. The minimum atomic E-state index is -0.460. The number of hydrogen-bond donors (Lipinski definition) is 2. The molecule has 0 saturated heterocycles. The molecule has 3 nitrogen and oxygen atoms in total. The molecule has 0 aliphatic carbocycles. The van der Waals surface area contributed by atoms with E-state index in [0.717, 1.165) is 11.1 Å². The molecule has 0 aromatic heterocycles. The van der Waals surface area contributed by atoms with Crippen molar-refractivity contribution in [3.8, 4) is 0 Å². The molecule has 2 rings (SSSR count). The van der Waals surface area contributed by atoms with Gasteiger partial charge in [-0.05, 0) is 43.2 Å². The number of urea groups is 1. The number of halogens is 1. The van der Waals surface area contributed by atoms with Gasteiger partial charge in [-0.1, -0.05) is 24.3 Å². The number of benzene rings is 2. The van der Waals surface area contributed by atoms with Gasteiger partial charge < -0.3 is 10.6 Å². The fourth-order valence-electron chi connectivity index (χ4n) is 1.72. The highest BCUT2D eigenvalue weighted by molar-refractivity contribution is 6.00. The van der Waals surface area contributed by atoms with Gasteiger partial charge in [0.15, 0.2) is 0 Å². The summed E-state index contributed by atoms with van der Waals surface area (Å²) in [5, 5.41) is 5.19. The Labute approximate surface area is 111 Å². The van der Waals surface area contributed by atoms with Crippen LogP contribution in [-0.4, -0.2) is 6.03 Å². The molecule has 0 aliphatic heterocycles. The van der Waals surface area contributed by atoms with Gasteiger partial charge in [0.2, 0.25) is 0 Å². The van der Waals surface area contributed by atoms with Crippen LogP contribution in [0, 0.1) is 19.7 Å². The maximum atomic E-state index is 13.4. The minimum Gasteiger partial charge on any atom is -0.307 e. The van der Waals surface area contributed by atoms with Crippen molar-refractivity contribution >= 4 is 17.4 Å². The molecule has 0 spiro atoms. The van der Waals surface area contributed by atoms with E-state index in [4.69, 9.17) is 0 Å². The molecule has 98 valence electrons. The first-order valence-electron chi connectivity index (χ1n) is 5.96. The number of aryl methyl sites for hydroxylation is 1. The zero-order valence-corrected chi connectivity index (χ0v) is 10.8.